The summed E-state index contributed by atoms with van der Waals surface area (Å²) in [5.41, 5.74) is 1.25. The Morgan fingerprint density at radius 2 is 1.88 bits per heavy atom. The second kappa shape index (κ2) is 7.51. The molecule has 0 aliphatic heterocycles. The van der Waals surface area contributed by atoms with Crippen LogP contribution in [-0.4, -0.2) is 17.9 Å². The van der Waals surface area contributed by atoms with Gasteiger partial charge < -0.3 is 15.1 Å². The molecule has 0 spiro atoms. The Morgan fingerprint density at radius 1 is 1.16 bits per heavy atom. The van der Waals surface area contributed by atoms with E-state index in [2.05, 4.69) is 10.6 Å². The molecular weight excluding hydrogens is 323 g/mol. The fourth-order valence-electron chi connectivity index (χ4n) is 2.93. The zero-order valence-corrected chi connectivity index (χ0v) is 14.0. The highest BCUT2D eigenvalue weighted by Crippen LogP contribution is 2.37. The molecule has 2 atom stereocenters. The van der Waals surface area contributed by atoms with Crippen molar-refractivity contribution in [2.75, 3.05) is 0 Å². The minimum Gasteiger partial charge on any atom is -0.472 e. The summed E-state index contributed by atoms with van der Waals surface area (Å²) in [5, 5.41) is 5.66. The molecule has 132 valence electrons. The number of hydrogen-bond donors (Lipinski definition) is 2. The van der Waals surface area contributed by atoms with Crippen molar-refractivity contribution in [3.8, 4) is 0 Å². The SMILES string of the molecule is CC(NC(=O)c1ccoc1)C(=O)NC(c1ccc(F)cc1)C1CCC1. The van der Waals surface area contributed by atoms with Gasteiger partial charge in [-0.05, 0) is 49.4 Å². The number of carbonyl (C=O) groups is 2. The van der Waals surface area contributed by atoms with Crippen LogP contribution in [0.5, 0.6) is 0 Å². The van der Waals surface area contributed by atoms with Gasteiger partial charge in [0, 0.05) is 0 Å². The third kappa shape index (κ3) is 4.07. The molecule has 0 saturated heterocycles. The molecule has 2 N–H and O–H groups in total. The maximum atomic E-state index is 13.2. The van der Waals surface area contributed by atoms with Crippen LogP contribution in [0.1, 0.15) is 48.1 Å². The third-order valence-electron chi connectivity index (χ3n) is 4.67. The summed E-state index contributed by atoms with van der Waals surface area (Å²) in [6.07, 6.45) is 5.91. The van der Waals surface area contributed by atoms with Gasteiger partial charge in [0.15, 0.2) is 0 Å². The Bertz CT molecular complexity index is 724. The van der Waals surface area contributed by atoms with Crippen molar-refractivity contribution < 1.29 is 18.4 Å². The first-order chi connectivity index (χ1) is 12.0. The average molecular weight is 344 g/mol. The molecule has 0 radical (unpaired) electrons. The minimum absolute atomic E-state index is 0.171. The van der Waals surface area contributed by atoms with Crippen LogP contribution >= 0.6 is 0 Å². The van der Waals surface area contributed by atoms with Gasteiger partial charge in [-0.3, -0.25) is 9.59 Å². The second-order valence-corrected chi connectivity index (χ2v) is 6.44. The van der Waals surface area contributed by atoms with Crippen LogP contribution in [0.4, 0.5) is 4.39 Å². The highest BCUT2D eigenvalue weighted by molar-refractivity contribution is 5.97. The molecule has 6 heteroatoms. The zero-order valence-electron chi connectivity index (χ0n) is 14.0. The van der Waals surface area contributed by atoms with Gasteiger partial charge in [0.25, 0.3) is 5.91 Å². The van der Waals surface area contributed by atoms with Crippen LogP contribution in [-0.2, 0) is 4.79 Å². The van der Waals surface area contributed by atoms with Crippen LogP contribution in [0.15, 0.2) is 47.3 Å². The van der Waals surface area contributed by atoms with E-state index in [0.29, 0.717) is 11.5 Å². The molecule has 25 heavy (non-hydrogen) atoms. The lowest BCUT2D eigenvalue weighted by Gasteiger charge is -2.35. The van der Waals surface area contributed by atoms with Gasteiger partial charge in [-0.2, -0.15) is 0 Å². The molecule has 1 aromatic carbocycles. The van der Waals surface area contributed by atoms with Crippen LogP contribution in [0.25, 0.3) is 0 Å². The number of halogens is 1. The van der Waals surface area contributed by atoms with Gasteiger partial charge in [-0.15, -0.1) is 0 Å². The van der Waals surface area contributed by atoms with Crippen molar-refractivity contribution in [2.24, 2.45) is 5.92 Å². The molecule has 1 saturated carbocycles. The van der Waals surface area contributed by atoms with E-state index in [-0.39, 0.29) is 23.7 Å². The number of amides is 2. The molecule has 1 fully saturated rings. The van der Waals surface area contributed by atoms with E-state index < -0.39 is 6.04 Å². The summed E-state index contributed by atoms with van der Waals surface area (Å²) < 4.78 is 18.0. The van der Waals surface area contributed by atoms with Gasteiger partial charge in [0.2, 0.25) is 5.91 Å². The van der Waals surface area contributed by atoms with Crippen molar-refractivity contribution in [3.63, 3.8) is 0 Å². The van der Waals surface area contributed by atoms with Crippen molar-refractivity contribution in [1.82, 2.24) is 10.6 Å². The van der Waals surface area contributed by atoms with Crippen molar-refractivity contribution in [2.45, 2.75) is 38.3 Å². The van der Waals surface area contributed by atoms with Gasteiger partial charge in [-0.25, -0.2) is 4.39 Å². The maximum absolute atomic E-state index is 13.2. The summed E-state index contributed by atoms with van der Waals surface area (Å²) in [4.78, 5) is 24.5. The quantitative estimate of drug-likeness (QED) is 0.845. The smallest absolute Gasteiger partial charge is 0.255 e. The number of hydrogen-bond acceptors (Lipinski definition) is 3. The average Bonchev–Trinajstić information content (AvgIpc) is 3.07. The molecule has 1 heterocycles. The number of nitrogens with one attached hydrogen (secondary N) is 2. The van der Waals surface area contributed by atoms with Gasteiger partial charge in [0.05, 0.1) is 17.9 Å². The van der Waals surface area contributed by atoms with Crippen LogP contribution in [0, 0.1) is 11.7 Å². The largest absolute Gasteiger partial charge is 0.472 e. The molecule has 3 rings (SSSR count). The molecule has 1 aliphatic rings. The molecule has 5 nitrogen and oxygen atoms in total. The Hall–Kier alpha value is -2.63. The van der Waals surface area contributed by atoms with E-state index in [4.69, 9.17) is 4.42 Å². The molecule has 0 bridgehead atoms. The fourth-order valence-corrected chi connectivity index (χ4v) is 2.93. The Morgan fingerprint density at radius 3 is 2.44 bits per heavy atom. The summed E-state index contributed by atoms with van der Waals surface area (Å²) in [6, 6.07) is 6.88. The third-order valence-corrected chi connectivity index (χ3v) is 4.67. The minimum atomic E-state index is -0.689. The first-order valence-electron chi connectivity index (χ1n) is 8.43. The molecule has 2 aromatic rings. The normalized spacial score (nSPS) is 16.6. The number of rotatable bonds is 6. The van der Waals surface area contributed by atoms with Crippen molar-refractivity contribution in [1.29, 1.82) is 0 Å². The summed E-state index contributed by atoms with van der Waals surface area (Å²) >= 11 is 0. The molecule has 2 unspecified atom stereocenters. The van der Waals surface area contributed by atoms with Gasteiger partial charge in [0.1, 0.15) is 18.1 Å². The lowest BCUT2D eigenvalue weighted by molar-refractivity contribution is -0.124. The summed E-state index contributed by atoms with van der Waals surface area (Å²) in [6.45, 7) is 1.63. The predicted molar refractivity (Wildman–Crippen MR) is 90.3 cm³/mol. The second-order valence-electron chi connectivity index (χ2n) is 6.44. The maximum Gasteiger partial charge on any atom is 0.255 e. The Kier molecular flexibility index (Phi) is 5.16. The highest BCUT2D eigenvalue weighted by Gasteiger charge is 2.31. The van der Waals surface area contributed by atoms with Crippen LogP contribution < -0.4 is 10.6 Å². The van der Waals surface area contributed by atoms with Gasteiger partial charge >= 0.3 is 0 Å². The van der Waals surface area contributed by atoms with E-state index in [1.54, 1.807) is 19.1 Å². The van der Waals surface area contributed by atoms with E-state index in [1.807, 2.05) is 0 Å². The summed E-state index contributed by atoms with van der Waals surface area (Å²) in [5.74, 6) is -0.592. The van der Waals surface area contributed by atoms with E-state index in [0.717, 1.165) is 24.8 Å². The molecular formula is C19H21FN2O3. The van der Waals surface area contributed by atoms with E-state index in [9.17, 15) is 14.0 Å². The lowest BCUT2D eigenvalue weighted by Crippen LogP contribution is -2.47. The Balaban J connectivity index is 1.65. The lowest BCUT2D eigenvalue weighted by atomic mass is 9.77. The summed E-state index contributed by atoms with van der Waals surface area (Å²) in [7, 11) is 0. The molecule has 1 aliphatic carbocycles. The topological polar surface area (TPSA) is 71.3 Å². The Labute approximate surface area is 145 Å². The monoisotopic (exact) mass is 344 g/mol. The molecule has 2 amide bonds. The van der Waals surface area contributed by atoms with Gasteiger partial charge in [-0.1, -0.05) is 18.6 Å². The van der Waals surface area contributed by atoms with E-state index in [1.165, 1.54) is 30.7 Å². The predicted octanol–water partition coefficient (Wildman–Crippen LogP) is 3.19. The zero-order chi connectivity index (χ0) is 17.8. The van der Waals surface area contributed by atoms with Crippen LogP contribution in [0.2, 0.25) is 0 Å². The number of furan rings is 1. The first-order valence-corrected chi connectivity index (χ1v) is 8.43. The number of carbonyl (C=O) groups excluding carboxylic acids is 2. The fraction of sp³-hybridized carbons (Fsp3) is 0.368. The molecule has 1 aromatic heterocycles. The highest BCUT2D eigenvalue weighted by atomic mass is 19.1. The first kappa shape index (κ1) is 17.2. The van der Waals surface area contributed by atoms with E-state index >= 15 is 0 Å². The van der Waals surface area contributed by atoms with Crippen molar-refractivity contribution in [3.05, 3.63) is 59.8 Å². The van der Waals surface area contributed by atoms with Crippen LogP contribution in [0.3, 0.4) is 0 Å². The standard InChI is InChI=1S/C19H21FN2O3/c1-12(21-19(24)15-9-10-25-11-15)18(23)22-17(13-3-2-4-13)14-5-7-16(20)8-6-14/h5-13,17H,2-4H2,1H3,(H,21,24)(H,22,23). The van der Waals surface area contributed by atoms with Crippen molar-refractivity contribution >= 4 is 11.8 Å². The number of benzene rings is 1.